The highest BCUT2D eigenvalue weighted by atomic mass is 79.9. The van der Waals surface area contributed by atoms with Crippen molar-refractivity contribution in [1.82, 2.24) is 9.38 Å². The molecule has 0 spiro atoms. The predicted octanol–water partition coefficient (Wildman–Crippen LogP) is 5.15. The molecule has 0 saturated carbocycles. The lowest BCUT2D eigenvalue weighted by Gasteiger charge is -2.07. The van der Waals surface area contributed by atoms with Crippen molar-refractivity contribution in [3.8, 4) is 11.6 Å². The third kappa shape index (κ3) is 2.44. The van der Waals surface area contributed by atoms with E-state index in [4.69, 9.17) is 4.74 Å². The molecule has 19 heavy (non-hydrogen) atoms. The molecule has 0 unspecified atom stereocenters. The molecule has 2 aromatic heterocycles. The Labute approximate surface area is 131 Å². The van der Waals surface area contributed by atoms with Gasteiger partial charge in [-0.2, -0.15) is 4.98 Å². The van der Waals surface area contributed by atoms with Gasteiger partial charge in [0.15, 0.2) is 4.96 Å². The number of hydrogen-bond donors (Lipinski definition) is 0. The van der Waals surface area contributed by atoms with Crippen LogP contribution in [0, 0.1) is 6.92 Å². The first-order valence-electron chi connectivity index (χ1n) is 5.63. The standard InChI is InChI=1S/C13H10Br2N2OS/c1-8-2-3-11(9(15)6-8)18-12-10(7-14)17-4-5-19-13(17)16-12/h2-6H,7H2,1H3. The van der Waals surface area contributed by atoms with E-state index in [9.17, 15) is 0 Å². The normalized spacial score (nSPS) is 11.1. The van der Waals surface area contributed by atoms with Crippen molar-refractivity contribution in [2.75, 3.05) is 0 Å². The van der Waals surface area contributed by atoms with Crippen molar-refractivity contribution < 1.29 is 4.74 Å². The van der Waals surface area contributed by atoms with Gasteiger partial charge in [-0.3, -0.25) is 4.40 Å². The smallest absolute Gasteiger partial charge is 0.243 e. The van der Waals surface area contributed by atoms with E-state index in [1.165, 1.54) is 5.56 Å². The fourth-order valence-electron chi connectivity index (χ4n) is 1.81. The van der Waals surface area contributed by atoms with Gasteiger partial charge < -0.3 is 4.74 Å². The molecule has 0 saturated heterocycles. The van der Waals surface area contributed by atoms with Crippen molar-refractivity contribution in [3.63, 3.8) is 0 Å². The molecule has 3 aromatic rings. The largest absolute Gasteiger partial charge is 0.436 e. The highest BCUT2D eigenvalue weighted by molar-refractivity contribution is 9.10. The molecule has 2 heterocycles. The molecule has 3 nitrogen and oxygen atoms in total. The molecule has 0 aliphatic heterocycles. The lowest BCUT2D eigenvalue weighted by atomic mass is 10.2. The summed E-state index contributed by atoms with van der Waals surface area (Å²) in [7, 11) is 0. The molecule has 6 heteroatoms. The van der Waals surface area contributed by atoms with E-state index in [-0.39, 0.29) is 0 Å². The lowest BCUT2D eigenvalue weighted by Crippen LogP contribution is -1.91. The van der Waals surface area contributed by atoms with Gasteiger partial charge in [-0.15, -0.1) is 11.3 Å². The number of nitrogens with zero attached hydrogens (tertiary/aromatic N) is 2. The maximum absolute atomic E-state index is 5.93. The molecular formula is C13H10Br2N2OS. The molecule has 3 rings (SSSR count). The van der Waals surface area contributed by atoms with E-state index in [1.54, 1.807) is 11.3 Å². The Morgan fingerprint density at radius 3 is 3.00 bits per heavy atom. The second-order valence-electron chi connectivity index (χ2n) is 4.09. The number of rotatable bonds is 3. The summed E-state index contributed by atoms with van der Waals surface area (Å²) in [5.74, 6) is 1.42. The number of halogens is 2. The van der Waals surface area contributed by atoms with Crippen LogP contribution in [0.3, 0.4) is 0 Å². The van der Waals surface area contributed by atoms with Gasteiger partial charge in [0.1, 0.15) is 5.75 Å². The summed E-state index contributed by atoms with van der Waals surface area (Å²) in [5, 5.41) is 2.71. The minimum Gasteiger partial charge on any atom is -0.436 e. The van der Waals surface area contributed by atoms with Crippen LogP contribution in [0.4, 0.5) is 0 Å². The van der Waals surface area contributed by atoms with Gasteiger partial charge in [-0.1, -0.05) is 22.0 Å². The predicted molar refractivity (Wildman–Crippen MR) is 84.7 cm³/mol. The zero-order chi connectivity index (χ0) is 13.4. The summed E-state index contributed by atoms with van der Waals surface area (Å²) in [5.41, 5.74) is 2.20. The number of alkyl halides is 1. The van der Waals surface area contributed by atoms with Crippen LogP contribution in [0.1, 0.15) is 11.3 Å². The summed E-state index contributed by atoms with van der Waals surface area (Å²) < 4.78 is 8.90. The van der Waals surface area contributed by atoms with Crippen molar-refractivity contribution in [2.24, 2.45) is 0 Å². The molecule has 0 amide bonds. The van der Waals surface area contributed by atoms with E-state index < -0.39 is 0 Å². The van der Waals surface area contributed by atoms with Crippen LogP contribution in [0.25, 0.3) is 4.96 Å². The van der Waals surface area contributed by atoms with Crippen LogP contribution in [-0.4, -0.2) is 9.38 Å². The number of imidazole rings is 1. The van der Waals surface area contributed by atoms with Crippen LogP contribution in [0.2, 0.25) is 0 Å². The van der Waals surface area contributed by atoms with E-state index in [0.717, 1.165) is 20.9 Å². The Balaban J connectivity index is 2.02. The van der Waals surface area contributed by atoms with Gasteiger partial charge in [0.05, 0.1) is 10.2 Å². The van der Waals surface area contributed by atoms with E-state index in [2.05, 4.69) is 36.8 Å². The number of ether oxygens (including phenoxy) is 1. The van der Waals surface area contributed by atoms with Crippen LogP contribution in [0.5, 0.6) is 11.6 Å². The molecule has 0 fully saturated rings. The minimum atomic E-state index is 0.647. The monoisotopic (exact) mass is 400 g/mol. The maximum Gasteiger partial charge on any atom is 0.243 e. The third-order valence-electron chi connectivity index (χ3n) is 2.74. The van der Waals surface area contributed by atoms with Crippen LogP contribution < -0.4 is 4.74 Å². The highest BCUT2D eigenvalue weighted by Gasteiger charge is 2.15. The Morgan fingerprint density at radius 2 is 2.26 bits per heavy atom. The van der Waals surface area contributed by atoms with Gasteiger partial charge >= 0.3 is 0 Å². The zero-order valence-electron chi connectivity index (χ0n) is 10.1. The zero-order valence-corrected chi connectivity index (χ0v) is 14.0. The quantitative estimate of drug-likeness (QED) is 0.567. The third-order valence-corrected chi connectivity index (χ3v) is 4.65. The summed E-state index contributed by atoms with van der Waals surface area (Å²) in [6.45, 7) is 2.05. The fourth-order valence-corrected chi connectivity index (χ4v) is 3.62. The number of hydrogen-bond acceptors (Lipinski definition) is 3. The summed E-state index contributed by atoms with van der Waals surface area (Å²) in [6.07, 6.45) is 2.00. The highest BCUT2D eigenvalue weighted by Crippen LogP contribution is 2.33. The second kappa shape index (κ2) is 5.26. The van der Waals surface area contributed by atoms with Crippen molar-refractivity contribution in [1.29, 1.82) is 0 Å². The Bertz CT molecular complexity index is 735. The SMILES string of the molecule is Cc1ccc(Oc2nc3sccn3c2CBr)c(Br)c1. The number of thiazole rings is 1. The first-order chi connectivity index (χ1) is 9.19. The molecule has 0 N–H and O–H groups in total. The maximum atomic E-state index is 5.93. The average Bonchev–Trinajstić information content (AvgIpc) is 2.92. The van der Waals surface area contributed by atoms with Crippen LogP contribution >= 0.6 is 43.2 Å². The summed E-state index contributed by atoms with van der Waals surface area (Å²) in [6, 6.07) is 6.00. The molecular weight excluding hydrogens is 392 g/mol. The fraction of sp³-hybridized carbons (Fsp3) is 0.154. The van der Waals surface area contributed by atoms with E-state index >= 15 is 0 Å². The Hall–Kier alpha value is -0.850. The number of benzene rings is 1. The Morgan fingerprint density at radius 1 is 1.42 bits per heavy atom. The van der Waals surface area contributed by atoms with Crippen LogP contribution in [-0.2, 0) is 5.33 Å². The number of aryl methyl sites for hydroxylation is 1. The first-order valence-corrected chi connectivity index (χ1v) is 8.43. The first kappa shape index (κ1) is 13.1. The lowest BCUT2D eigenvalue weighted by molar-refractivity contribution is 0.459. The van der Waals surface area contributed by atoms with Crippen molar-refractivity contribution in [2.45, 2.75) is 12.3 Å². The van der Waals surface area contributed by atoms with Gasteiger partial charge in [-0.05, 0) is 40.5 Å². The van der Waals surface area contributed by atoms with Gasteiger partial charge in [-0.25, -0.2) is 0 Å². The molecule has 0 bridgehead atoms. The molecule has 0 aliphatic rings. The van der Waals surface area contributed by atoms with Crippen molar-refractivity contribution >= 4 is 48.2 Å². The topological polar surface area (TPSA) is 26.5 Å². The van der Waals surface area contributed by atoms with Gasteiger partial charge in [0, 0.05) is 16.9 Å². The molecule has 0 radical (unpaired) electrons. The number of aromatic nitrogens is 2. The number of fused-ring (bicyclic) bond motifs is 1. The van der Waals surface area contributed by atoms with Crippen LogP contribution in [0.15, 0.2) is 34.2 Å². The molecule has 98 valence electrons. The molecule has 0 atom stereocenters. The van der Waals surface area contributed by atoms with Gasteiger partial charge in [0.25, 0.3) is 0 Å². The molecule has 1 aromatic carbocycles. The summed E-state index contributed by atoms with van der Waals surface area (Å²) in [4.78, 5) is 5.45. The van der Waals surface area contributed by atoms with Gasteiger partial charge in [0.2, 0.25) is 5.88 Å². The average molecular weight is 402 g/mol. The second-order valence-corrected chi connectivity index (χ2v) is 6.38. The van der Waals surface area contributed by atoms with E-state index in [1.807, 2.05) is 41.1 Å². The van der Waals surface area contributed by atoms with E-state index in [0.29, 0.717) is 11.2 Å². The summed E-state index contributed by atoms with van der Waals surface area (Å²) >= 11 is 8.60. The molecule has 0 aliphatic carbocycles. The Kier molecular flexibility index (Phi) is 3.64. The minimum absolute atomic E-state index is 0.647. The van der Waals surface area contributed by atoms with Crippen molar-refractivity contribution in [3.05, 3.63) is 45.5 Å².